The zero-order chi connectivity index (χ0) is 13.0. The lowest BCUT2D eigenvalue weighted by Crippen LogP contribution is -2.49. The summed E-state index contributed by atoms with van der Waals surface area (Å²) in [6, 6.07) is -0.0709. The zero-order valence-electron chi connectivity index (χ0n) is 10.9. The average molecular weight is 241 g/mol. The number of carbonyl (C=O) groups excluding carboxylic acids is 2. The van der Waals surface area contributed by atoms with Gasteiger partial charge in [-0.25, -0.2) is 0 Å². The van der Waals surface area contributed by atoms with Crippen LogP contribution in [0.5, 0.6) is 0 Å². The van der Waals surface area contributed by atoms with Gasteiger partial charge < -0.3 is 16.0 Å². The molecule has 0 saturated heterocycles. The number of hydrogen-bond acceptors (Lipinski definition) is 3. The molecular weight excluding hydrogens is 218 g/mol. The number of nitrogens with zero attached hydrogens (tertiary/aromatic N) is 1. The molecule has 0 spiro atoms. The van der Waals surface area contributed by atoms with Gasteiger partial charge >= 0.3 is 0 Å². The number of amides is 2. The van der Waals surface area contributed by atoms with Crippen LogP contribution in [-0.2, 0) is 9.59 Å². The Kier molecular flexibility index (Phi) is 4.93. The highest BCUT2D eigenvalue weighted by Gasteiger charge is 2.35. The highest BCUT2D eigenvalue weighted by Crippen LogP contribution is 2.30. The summed E-state index contributed by atoms with van der Waals surface area (Å²) < 4.78 is 0. The van der Waals surface area contributed by atoms with Gasteiger partial charge in [-0.1, -0.05) is 13.3 Å². The van der Waals surface area contributed by atoms with Crippen molar-refractivity contribution >= 4 is 11.8 Å². The second kappa shape index (κ2) is 6.00. The fraction of sp³-hybridized carbons (Fsp3) is 0.833. The van der Waals surface area contributed by atoms with E-state index in [9.17, 15) is 9.59 Å². The third-order valence-corrected chi connectivity index (χ3v) is 3.59. The summed E-state index contributed by atoms with van der Waals surface area (Å²) in [5, 5.41) is 2.51. The third-order valence-electron chi connectivity index (χ3n) is 3.59. The summed E-state index contributed by atoms with van der Waals surface area (Å²) in [4.78, 5) is 24.9. The van der Waals surface area contributed by atoms with E-state index in [0.29, 0.717) is 5.92 Å². The molecule has 1 fully saturated rings. The lowest BCUT2D eigenvalue weighted by molar-refractivity contribution is -0.140. The predicted molar refractivity (Wildman–Crippen MR) is 66.2 cm³/mol. The quantitative estimate of drug-likeness (QED) is 0.727. The van der Waals surface area contributed by atoms with Gasteiger partial charge in [0.05, 0.1) is 12.5 Å². The molecule has 3 atom stereocenters. The molecule has 98 valence electrons. The monoisotopic (exact) mass is 241 g/mol. The predicted octanol–water partition coefficient (Wildman–Crippen LogP) is -0.0457. The molecule has 3 N–H and O–H groups in total. The van der Waals surface area contributed by atoms with Gasteiger partial charge in [0.1, 0.15) is 0 Å². The molecule has 0 radical (unpaired) electrons. The third kappa shape index (κ3) is 3.43. The molecule has 0 bridgehead atoms. The Morgan fingerprint density at radius 2 is 2.06 bits per heavy atom. The molecule has 0 aromatic heterocycles. The largest absolute Gasteiger partial charge is 0.358 e. The van der Waals surface area contributed by atoms with E-state index in [1.807, 2.05) is 0 Å². The van der Waals surface area contributed by atoms with Crippen LogP contribution in [0.15, 0.2) is 0 Å². The normalized spacial score (nSPS) is 28.6. The van der Waals surface area contributed by atoms with Gasteiger partial charge in [0.25, 0.3) is 0 Å². The molecule has 0 aromatic carbocycles. The zero-order valence-corrected chi connectivity index (χ0v) is 10.9. The molecule has 1 aliphatic rings. The Morgan fingerprint density at radius 1 is 1.41 bits per heavy atom. The van der Waals surface area contributed by atoms with E-state index in [-0.39, 0.29) is 30.3 Å². The van der Waals surface area contributed by atoms with Crippen LogP contribution in [0, 0.1) is 11.8 Å². The van der Waals surface area contributed by atoms with Crippen molar-refractivity contribution in [1.29, 1.82) is 0 Å². The van der Waals surface area contributed by atoms with Gasteiger partial charge in [-0.15, -0.1) is 0 Å². The van der Waals surface area contributed by atoms with Crippen LogP contribution in [0.25, 0.3) is 0 Å². The van der Waals surface area contributed by atoms with Crippen molar-refractivity contribution in [2.24, 2.45) is 17.6 Å². The van der Waals surface area contributed by atoms with E-state index in [1.54, 1.807) is 14.1 Å². The second-order valence-corrected chi connectivity index (χ2v) is 4.97. The van der Waals surface area contributed by atoms with Gasteiger partial charge in [-0.3, -0.25) is 9.59 Å². The molecule has 5 nitrogen and oxygen atoms in total. The Balaban J connectivity index is 2.63. The van der Waals surface area contributed by atoms with Crippen LogP contribution in [-0.4, -0.2) is 43.4 Å². The number of carbonyl (C=O) groups is 2. The lowest BCUT2D eigenvalue weighted by atomic mass is 9.76. The number of rotatable bonds is 3. The smallest absolute Gasteiger partial charge is 0.239 e. The van der Waals surface area contributed by atoms with Crippen molar-refractivity contribution in [3.8, 4) is 0 Å². The Morgan fingerprint density at radius 3 is 2.59 bits per heavy atom. The molecule has 1 saturated carbocycles. The summed E-state index contributed by atoms with van der Waals surface area (Å²) in [7, 11) is 3.22. The molecule has 0 heterocycles. The molecule has 0 aliphatic heterocycles. The van der Waals surface area contributed by atoms with Gasteiger partial charge in [0, 0.05) is 20.1 Å². The molecular formula is C12H23N3O2. The maximum absolute atomic E-state index is 12.2. The molecule has 3 unspecified atom stereocenters. The highest BCUT2D eigenvalue weighted by molar-refractivity contribution is 5.86. The Bertz CT molecular complexity index is 283. The van der Waals surface area contributed by atoms with Crippen LogP contribution in [0.2, 0.25) is 0 Å². The fourth-order valence-electron chi connectivity index (χ4n) is 2.51. The maximum atomic E-state index is 12.2. The highest BCUT2D eigenvalue weighted by atomic mass is 16.2. The molecule has 17 heavy (non-hydrogen) atoms. The number of nitrogens with one attached hydrogen (secondary N) is 1. The molecule has 1 aliphatic carbocycles. The van der Waals surface area contributed by atoms with Crippen molar-refractivity contribution in [2.75, 3.05) is 20.6 Å². The number of nitrogens with two attached hydrogens (primary N) is 1. The van der Waals surface area contributed by atoms with E-state index in [1.165, 1.54) is 4.90 Å². The molecule has 0 aromatic rings. The average Bonchev–Trinajstić information content (AvgIpc) is 2.28. The van der Waals surface area contributed by atoms with E-state index in [0.717, 1.165) is 19.3 Å². The molecule has 1 rings (SSSR count). The van der Waals surface area contributed by atoms with Gasteiger partial charge in [-0.05, 0) is 18.8 Å². The summed E-state index contributed by atoms with van der Waals surface area (Å²) in [6.07, 6.45) is 3.03. The fourth-order valence-corrected chi connectivity index (χ4v) is 2.51. The Hall–Kier alpha value is -1.10. The molecule has 2 amide bonds. The number of hydrogen-bond donors (Lipinski definition) is 2. The summed E-state index contributed by atoms with van der Waals surface area (Å²) >= 11 is 0. The first-order valence-corrected chi connectivity index (χ1v) is 6.18. The summed E-state index contributed by atoms with van der Waals surface area (Å²) in [5.74, 6) is 0.00276. The first kappa shape index (κ1) is 14.0. The molecule has 5 heteroatoms. The summed E-state index contributed by atoms with van der Waals surface area (Å²) in [6.45, 7) is 2.17. The van der Waals surface area contributed by atoms with Gasteiger partial charge in [-0.2, -0.15) is 0 Å². The minimum Gasteiger partial charge on any atom is -0.358 e. The van der Waals surface area contributed by atoms with Crippen LogP contribution in [0.3, 0.4) is 0 Å². The van der Waals surface area contributed by atoms with Crippen molar-refractivity contribution in [3.63, 3.8) is 0 Å². The number of likely N-dealkylation sites (N-methyl/N-ethyl adjacent to an activating group) is 2. The van der Waals surface area contributed by atoms with Crippen LogP contribution >= 0.6 is 0 Å². The van der Waals surface area contributed by atoms with Crippen LogP contribution in [0.4, 0.5) is 0 Å². The minimum atomic E-state index is -0.155. The van der Waals surface area contributed by atoms with E-state index in [4.69, 9.17) is 5.73 Å². The van der Waals surface area contributed by atoms with E-state index >= 15 is 0 Å². The topological polar surface area (TPSA) is 75.4 Å². The van der Waals surface area contributed by atoms with E-state index in [2.05, 4.69) is 12.2 Å². The second-order valence-electron chi connectivity index (χ2n) is 4.97. The van der Waals surface area contributed by atoms with Crippen LogP contribution in [0.1, 0.15) is 26.2 Å². The van der Waals surface area contributed by atoms with Crippen LogP contribution < -0.4 is 11.1 Å². The maximum Gasteiger partial charge on any atom is 0.239 e. The van der Waals surface area contributed by atoms with Crippen molar-refractivity contribution < 1.29 is 9.59 Å². The van der Waals surface area contributed by atoms with Gasteiger partial charge in [0.2, 0.25) is 11.8 Å². The first-order valence-electron chi connectivity index (χ1n) is 6.18. The van der Waals surface area contributed by atoms with Crippen molar-refractivity contribution in [2.45, 2.75) is 32.2 Å². The Labute approximate surface area is 103 Å². The van der Waals surface area contributed by atoms with Crippen molar-refractivity contribution in [1.82, 2.24) is 10.2 Å². The van der Waals surface area contributed by atoms with E-state index < -0.39 is 0 Å². The standard InChI is InChI=1S/C12H23N3O2/c1-8-5-4-6-9(13)11(8)12(17)15(3)7-10(16)14-2/h8-9,11H,4-7,13H2,1-3H3,(H,14,16). The summed E-state index contributed by atoms with van der Waals surface area (Å²) in [5.41, 5.74) is 6.02. The lowest BCUT2D eigenvalue weighted by Gasteiger charge is -2.35. The minimum absolute atomic E-state index is 0.00620. The first-order chi connectivity index (χ1) is 7.97. The SMILES string of the molecule is CNC(=O)CN(C)C(=O)C1C(C)CCCC1N. The van der Waals surface area contributed by atoms with Crippen molar-refractivity contribution in [3.05, 3.63) is 0 Å². The van der Waals surface area contributed by atoms with Gasteiger partial charge in [0.15, 0.2) is 0 Å².